The number of rotatable bonds is 6. The fourth-order valence-corrected chi connectivity index (χ4v) is 4.47. The van der Waals surface area contributed by atoms with Gasteiger partial charge in [-0.3, -0.25) is 14.5 Å². The summed E-state index contributed by atoms with van der Waals surface area (Å²) in [5, 5.41) is 11.3. The molecule has 7 nitrogen and oxygen atoms in total. The number of ether oxygens (including phenoxy) is 3. The van der Waals surface area contributed by atoms with Crippen LogP contribution in [0.2, 0.25) is 0 Å². The van der Waals surface area contributed by atoms with Crippen molar-refractivity contribution in [1.29, 1.82) is 0 Å². The summed E-state index contributed by atoms with van der Waals surface area (Å²) in [5.74, 6) is -1.65. The lowest BCUT2D eigenvalue weighted by molar-refractivity contribution is -0.132. The largest absolute Gasteiger partial charge is 0.507 e. The minimum atomic E-state index is -1.06. The molecule has 0 saturated carbocycles. The lowest BCUT2D eigenvalue weighted by Crippen LogP contribution is -2.29. The number of aryl methyl sites for hydroxylation is 1. The van der Waals surface area contributed by atoms with Gasteiger partial charge in [0.05, 0.1) is 32.9 Å². The van der Waals surface area contributed by atoms with Crippen LogP contribution in [0.15, 0.2) is 64.6 Å². The summed E-state index contributed by atoms with van der Waals surface area (Å²) in [6.07, 6.45) is 0. The SMILES string of the molecule is COc1cc(C2/C(=C(\O)c3ccc(Br)c(C)c3)C(=O)C(=O)N2c2ccc(F)cc2)cc(OC)c1OC. The third kappa shape index (κ3) is 4.30. The van der Waals surface area contributed by atoms with E-state index in [0.29, 0.717) is 28.4 Å². The predicted octanol–water partition coefficient (Wildman–Crippen LogP) is 5.55. The number of aliphatic hydroxyl groups excluding tert-OH is 1. The van der Waals surface area contributed by atoms with Crippen LogP contribution in [-0.4, -0.2) is 38.1 Å². The van der Waals surface area contributed by atoms with Crippen LogP contribution in [0.3, 0.4) is 0 Å². The molecular formula is C27H23BrFNO6. The van der Waals surface area contributed by atoms with E-state index in [4.69, 9.17) is 14.2 Å². The van der Waals surface area contributed by atoms with Crippen molar-refractivity contribution in [2.24, 2.45) is 0 Å². The van der Waals surface area contributed by atoms with Gasteiger partial charge in [0.1, 0.15) is 11.6 Å². The summed E-state index contributed by atoms with van der Waals surface area (Å²) in [7, 11) is 4.35. The van der Waals surface area contributed by atoms with Gasteiger partial charge in [-0.05, 0) is 66.6 Å². The molecule has 1 heterocycles. The van der Waals surface area contributed by atoms with E-state index in [0.717, 1.165) is 10.0 Å². The molecule has 9 heteroatoms. The van der Waals surface area contributed by atoms with Crippen LogP contribution in [0, 0.1) is 12.7 Å². The summed E-state index contributed by atoms with van der Waals surface area (Å²) in [6.45, 7) is 1.84. The quantitative estimate of drug-likeness (QED) is 0.244. The van der Waals surface area contributed by atoms with Gasteiger partial charge in [0.25, 0.3) is 11.7 Å². The molecule has 4 rings (SSSR count). The van der Waals surface area contributed by atoms with Crippen molar-refractivity contribution in [3.8, 4) is 17.2 Å². The van der Waals surface area contributed by atoms with Gasteiger partial charge in [-0.15, -0.1) is 0 Å². The van der Waals surface area contributed by atoms with Gasteiger partial charge < -0.3 is 19.3 Å². The number of carbonyl (C=O) groups excluding carboxylic acids is 2. The van der Waals surface area contributed by atoms with Crippen molar-refractivity contribution in [1.82, 2.24) is 0 Å². The first-order valence-corrected chi connectivity index (χ1v) is 11.6. The second-order valence-corrected chi connectivity index (χ2v) is 8.92. The van der Waals surface area contributed by atoms with Crippen LogP contribution in [0.4, 0.5) is 10.1 Å². The fourth-order valence-electron chi connectivity index (χ4n) is 4.22. The second kappa shape index (κ2) is 10.0. The fraction of sp³-hybridized carbons (Fsp3) is 0.185. The van der Waals surface area contributed by atoms with Crippen LogP contribution >= 0.6 is 15.9 Å². The zero-order valence-corrected chi connectivity index (χ0v) is 21.6. The molecule has 3 aromatic carbocycles. The number of Topliss-reactive ketones (excluding diaryl/α,β-unsaturated/α-hetero) is 1. The van der Waals surface area contributed by atoms with E-state index in [1.165, 1.54) is 50.5 Å². The topological polar surface area (TPSA) is 85.3 Å². The third-order valence-electron chi connectivity index (χ3n) is 5.98. The van der Waals surface area contributed by atoms with Gasteiger partial charge in [-0.2, -0.15) is 0 Å². The van der Waals surface area contributed by atoms with E-state index in [-0.39, 0.29) is 17.0 Å². The molecule has 1 saturated heterocycles. The minimum Gasteiger partial charge on any atom is -0.507 e. The number of hydrogen-bond donors (Lipinski definition) is 1. The molecule has 36 heavy (non-hydrogen) atoms. The molecular weight excluding hydrogens is 533 g/mol. The average molecular weight is 556 g/mol. The number of hydrogen-bond acceptors (Lipinski definition) is 6. The highest BCUT2D eigenvalue weighted by atomic mass is 79.9. The van der Waals surface area contributed by atoms with Gasteiger partial charge in [0.15, 0.2) is 11.5 Å². The van der Waals surface area contributed by atoms with E-state index >= 15 is 0 Å². The number of anilines is 1. The highest BCUT2D eigenvalue weighted by Gasteiger charge is 2.47. The Morgan fingerprint density at radius 3 is 2.08 bits per heavy atom. The van der Waals surface area contributed by atoms with Gasteiger partial charge >= 0.3 is 0 Å². The molecule has 1 aliphatic rings. The summed E-state index contributed by atoms with van der Waals surface area (Å²) >= 11 is 3.43. The van der Waals surface area contributed by atoms with E-state index < -0.39 is 23.5 Å². The van der Waals surface area contributed by atoms with Crippen molar-refractivity contribution in [3.63, 3.8) is 0 Å². The van der Waals surface area contributed by atoms with E-state index in [1.807, 2.05) is 6.92 Å². The average Bonchev–Trinajstić information content (AvgIpc) is 3.15. The maximum Gasteiger partial charge on any atom is 0.300 e. The molecule has 0 aliphatic carbocycles. The molecule has 0 bridgehead atoms. The van der Waals surface area contributed by atoms with Crippen LogP contribution in [0.25, 0.3) is 5.76 Å². The molecule has 0 spiro atoms. The number of amides is 1. The van der Waals surface area contributed by atoms with Crippen LogP contribution in [-0.2, 0) is 9.59 Å². The monoisotopic (exact) mass is 555 g/mol. The van der Waals surface area contributed by atoms with Gasteiger partial charge in [-0.25, -0.2) is 4.39 Å². The van der Waals surface area contributed by atoms with Gasteiger partial charge in [-0.1, -0.05) is 22.0 Å². The predicted molar refractivity (Wildman–Crippen MR) is 136 cm³/mol. The molecule has 3 aromatic rings. The number of nitrogens with zero attached hydrogens (tertiary/aromatic N) is 1. The first-order valence-electron chi connectivity index (χ1n) is 10.8. The number of aliphatic hydroxyl groups is 1. The van der Waals surface area contributed by atoms with Crippen LogP contribution in [0.5, 0.6) is 17.2 Å². The highest BCUT2D eigenvalue weighted by Crippen LogP contribution is 2.47. The van der Waals surface area contributed by atoms with Crippen LogP contribution in [0.1, 0.15) is 22.7 Å². The maximum atomic E-state index is 13.7. The highest BCUT2D eigenvalue weighted by molar-refractivity contribution is 9.10. The summed E-state index contributed by atoms with van der Waals surface area (Å²) in [6, 6.07) is 12.4. The zero-order chi connectivity index (χ0) is 26.1. The van der Waals surface area contributed by atoms with E-state index in [1.54, 1.807) is 30.3 Å². The molecule has 0 aromatic heterocycles. The summed E-state index contributed by atoms with van der Waals surface area (Å²) in [4.78, 5) is 27.9. The Labute approximate surface area is 215 Å². The third-order valence-corrected chi connectivity index (χ3v) is 6.87. The first-order chi connectivity index (χ1) is 17.2. The Hall–Kier alpha value is -3.85. The smallest absolute Gasteiger partial charge is 0.300 e. The Bertz CT molecular complexity index is 1360. The summed E-state index contributed by atoms with van der Waals surface area (Å²) < 4.78 is 30.8. The summed E-state index contributed by atoms with van der Waals surface area (Å²) in [5.41, 5.74) is 1.77. The van der Waals surface area contributed by atoms with Crippen molar-refractivity contribution in [2.75, 3.05) is 26.2 Å². The number of methoxy groups -OCH3 is 3. The molecule has 186 valence electrons. The van der Waals surface area contributed by atoms with Crippen molar-refractivity contribution in [3.05, 3.63) is 87.2 Å². The first kappa shape index (κ1) is 25.2. The standard InChI is InChI=1S/C27H23BrFNO6/c1-14-11-15(5-10-19(14)28)24(31)22-23(16-12-20(34-2)26(36-4)21(13-16)35-3)30(27(33)25(22)32)18-8-6-17(29)7-9-18/h5-13,23,31H,1-4H3/b24-22+. The molecule has 1 fully saturated rings. The number of benzene rings is 3. The van der Waals surface area contributed by atoms with E-state index in [9.17, 15) is 19.1 Å². The molecule has 1 amide bonds. The van der Waals surface area contributed by atoms with Gasteiger partial charge in [0.2, 0.25) is 5.75 Å². The Balaban J connectivity index is 2.02. The molecule has 1 atom stereocenters. The lowest BCUT2D eigenvalue weighted by atomic mass is 9.94. The molecule has 0 radical (unpaired) electrons. The van der Waals surface area contributed by atoms with Crippen molar-refractivity contribution in [2.45, 2.75) is 13.0 Å². The molecule has 1 aliphatic heterocycles. The van der Waals surface area contributed by atoms with E-state index in [2.05, 4.69) is 15.9 Å². The van der Waals surface area contributed by atoms with Crippen molar-refractivity contribution >= 4 is 39.1 Å². The Morgan fingerprint density at radius 2 is 1.56 bits per heavy atom. The Kier molecular flexibility index (Phi) is 7.03. The molecule has 1 N–H and O–H groups in total. The Morgan fingerprint density at radius 1 is 0.944 bits per heavy atom. The second-order valence-electron chi connectivity index (χ2n) is 8.07. The van der Waals surface area contributed by atoms with Gasteiger partial charge in [0, 0.05) is 15.7 Å². The minimum absolute atomic E-state index is 0.125. The zero-order valence-electron chi connectivity index (χ0n) is 20.0. The normalized spacial score (nSPS) is 16.8. The maximum absolute atomic E-state index is 13.7. The molecule has 1 unspecified atom stereocenters. The number of ketones is 1. The van der Waals surface area contributed by atoms with Crippen molar-refractivity contribution < 1.29 is 33.3 Å². The number of halogens is 2. The van der Waals surface area contributed by atoms with Crippen LogP contribution < -0.4 is 19.1 Å². The number of carbonyl (C=O) groups is 2. The lowest BCUT2D eigenvalue weighted by Gasteiger charge is -2.26.